The molecule has 1 N–H and O–H groups in total. The average molecular weight is 384 g/mol. The van der Waals surface area contributed by atoms with Crippen LogP contribution in [0.4, 0.5) is 8.78 Å². The molecule has 2 aliphatic carbocycles. The SMILES string of the molecule is O=C(N[C@H]1CN2CCC1CC2)c1nn(-c2ccc(F)cc2F)c2c1C[C@H]1C[C@@H]21. The van der Waals surface area contributed by atoms with Crippen molar-refractivity contribution in [1.82, 2.24) is 20.0 Å². The summed E-state index contributed by atoms with van der Waals surface area (Å²) in [5, 5.41) is 7.73. The molecular formula is C21H22F2N4O. The summed E-state index contributed by atoms with van der Waals surface area (Å²) in [5.41, 5.74) is 2.52. The highest BCUT2D eigenvalue weighted by atomic mass is 19.1. The summed E-state index contributed by atoms with van der Waals surface area (Å²) in [6.45, 7) is 3.14. The van der Waals surface area contributed by atoms with Gasteiger partial charge in [-0.05, 0) is 62.7 Å². The highest BCUT2D eigenvalue weighted by molar-refractivity contribution is 5.94. The summed E-state index contributed by atoms with van der Waals surface area (Å²) in [5.74, 6) is -0.0190. The molecule has 2 aromatic rings. The molecule has 3 atom stereocenters. The van der Waals surface area contributed by atoms with Gasteiger partial charge in [0.05, 0.1) is 5.69 Å². The fraction of sp³-hybridized carbons (Fsp3) is 0.524. The second-order valence-corrected chi connectivity index (χ2v) is 8.74. The number of aromatic nitrogens is 2. The van der Waals surface area contributed by atoms with Crippen LogP contribution in [0.5, 0.6) is 0 Å². The van der Waals surface area contributed by atoms with Gasteiger partial charge in [-0.1, -0.05) is 0 Å². The van der Waals surface area contributed by atoms with Crippen molar-refractivity contribution in [2.24, 2.45) is 11.8 Å². The van der Waals surface area contributed by atoms with Gasteiger partial charge in [0.2, 0.25) is 0 Å². The zero-order valence-electron chi connectivity index (χ0n) is 15.5. The van der Waals surface area contributed by atoms with Gasteiger partial charge in [-0.25, -0.2) is 13.5 Å². The Morgan fingerprint density at radius 3 is 2.71 bits per heavy atom. The molecule has 1 saturated carbocycles. The van der Waals surface area contributed by atoms with E-state index in [1.807, 2.05) is 0 Å². The zero-order valence-corrected chi connectivity index (χ0v) is 15.5. The van der Waals surface area contributed by atoms with Gasteiger partial charge in [0, 0.05) is 30.1 Å². The minimum atomic E-state index is -0.654. The van der Waals surface area contributed by atoms with Gasteiger partial charge in [-0.2, -0.15) is 5.10 Å². The van der Waals surface area contributed by atoms with Crippen LogP contribution in [0.1, 0.15) is 46.9 Å². The van der Waals surface area contributed by atoms with Crippen LogP contribution in [0, 0.1) is 23.5 Å². The molecule has 5 aliphatic rings. The van der Waals surface area contributed by atoms with Gasteiger partial charge in [-0.3, -0.25) is 4.79 Å². The molecule has 7 rings (SSSR count). The fourth-order valence-corrected chi connectivity index (χ4v) is 5.50. The third-order valence-electron chi connectivity index (χ3n) is 7.09. The molecule has 0 radical (unpaired) electrons. The minimum absolute atomic E-state index is 0.155. The number of nitrogens with zero attached hydrogens (tertiary/aromatic N) is 3. The van der Waals surface area contributed by atoms with Crippen molar-refractivity contribution >= 4 is 5.91 Å². The first-order valence-corrected chi connectivity index (χ1v) is 10.2. The van der Waals surface area contributed by atoms with E-state index < -0.39 is 11.6 Å². The third-order valence-corrected chi connectivity index (χ3v) is 7.09. The van der Waals surface area contributed by atoms with Crippen LogP contribution in [0.25, 0.3) is 5.69 Å². The number of benzene rings is 1. The van der Waals surface area contributed by atoms with E-state index in [1.54, 1.807) is 4.68 Å². The number of fused-ring (bicyclic) bond motifs is 6. The number of amides is 1. The first-order chi connectivity index (χ1) is 13.6. The Morgan fingerprint density at radius 2 is 2.00 bits per heavy atom. The number of carbonyl (C=O) groups excluding carboxylic acids is 1. The summed E-state index contributed by atoms with van der Waals surface area (Å²) in [6, 6.07) is 3.67. The Labute approximate surface area is 161 Å². The largest absolute Gasteiger partial charge is 0.346 e. The van der Waals surface area contributed by atoms with Crippen molar-refractivity contribution in [2.45, 2.75) is 37.6 Å². The van der Waals surface area contributed by atoms with Gasteiger partial charge in [0.25, 0.3) is 5.91 Å². The lowest BCUT2D eigenvalue weighted by atomic mass is 9.84. The lowest BCUT2D eigenvalue weighted by Gasteiger charge is -2.44. The van der Waals surface area contributed by atoms with Gasteiger partial charge in [-0.15, -0.1) is 0 Å². The van der Waals surface area contributed by atoms with E-state index in [9.17, 15) is 13.6 Å². The Bertz CT molecular complexity index is 979. The number of hydrogen-bond donors (Lipinski definition) is 1. The molecule has 146 valence electrons. The highest BCUT2D eigenvalue weighted by Crippen LogP contribution is 2.57. The van der Waals surface area contributed by atoms with Gasteiger partial charge in [0.15, 0.2) is 11.5 Å². The average Bonchev–Trinajstić information content (AvgIpc) is 3.19. The predicted octanol–water partition coefficient (Wildman–Crippen LogP) is 2.63. The molecule has 2 bridgehead atoms. The first-order valence-electron chi connectivity index (χ1n) is 10.2. The molecule has 28 heavy (non-hydrogen) atoms. The first kappa shape index (κ1) is 16.7. The number of halogens is 2. The molecule has 4 heterocycles. The maximum Gasteiger partial charge on any atom is 0.272 e. The molecule has 4 fully saturated rings. The van der Waals surface area contributed by atoms with E-state index in [-0.39, 0.29) is 17.6 Å². The maximum atomic E-state index is 14.4. The number of piperidine rings is 3. The van der Waals surface area contributed by atoms with Crippen LogP contribution in [0.15, 0.2) is 18.2 Å². The maximum absolute atomic E-state index is 14.4. The van der Waals surface area contributed by atoms with Crippen molar-refractivity contribution in [3.63, 3.8) is 0 Å². The monoisotopic (exact) mass is 384 g/mol. The standard InChI is InChI=1S/C21H22F2N4O/c22-13-1-2-18(16(23)9-13)27-20-14-7-12(14)8-15(20)19(25-27)21(28)24-17-10-26-5-3-11(17)4-6-26/h1-2,9,11-12,14,17H,3-8,10H2,(H,24,28)/t12-,14-,17+/m1/s1. The normalized spacial score (nSPS) is 32.1. The van der Waals surface area contributed by atoms with E-state index in [4.69, 9.17) is 0 Å². The predicted molar refractivity (Wildman–Crippen MR) is 98.5 cm³/mol. The van der Waals surface area contributed by atoms with Gasteiger partial charge >= 0.3 is 0 Å². The van der Waals surface area contributed by atoms with E-state index in [1.165, 1.54) is 12.1 Å². The Morgan fingerprint density at radius 1 is 1.18 bits per heavy atom. The molecule has 7 heteroatoms. The Balaban J connectivity index is 1.35. The lowest BCUT2D eigenvalue weighted by molar-refractivity contribution is 0.0617. The summed E-state index contributed by atoms with van der Waals surface area (Å²) in [7, 11) is 0. The van der Waals surface area contributed by atoms with Crippen LogP contribution in [0.2, 0.25) is 0 Å². The number of carbonyl (C=O) groups is 1. The molecule has 3 saturated heterocycles. The van der Waals surface area contributed by atoms with E-state index in [0.717, 1.165) is 62.6 Å². The number of nitrogens with one attached hydrogen (secondary N) is 1. The lowest BCUT2D eigenvalue weighted by Crippen LogP contribution is -2.57. The minimum Gasteiger partial charge on any atom is -0.346 e. The van der Waals surface area contributed by atoms with Gasteiger partial charge in [0.1, 0.15) is 11.5 Å². The van der Waals surface area contributed by atoms with Gasteiger partial charge < -0.3 is 10.2 Å². The summed E-state index contributed by atoms with van der Waals surface area (Å²) >= 11 is 0. The fourth-order valence-electron chi connectivity index (χ4n) is 5.50. The number of hydrogen-bond acceptors (Lipinski definition) is 3. The second kappa shape index (κ2) is 5.86. The van der Waals surface area contributed by atoms with Crippen molar-refractivity contribution in [2.75, 3.05) is 19.6 Å². The van der Waals surface area contributed by atoms with E-state index in [0.29, 0.717) is 23.4 Å². The summed E-state index contributed by atoms with van der Waals surface area (Å²) < 4.78 is 29.3. The second-order valence-electron chi connectivity index (χ2n) is 8.74. The molecule has 1 aromatic heterocycles. The molecule has 0 spiro atoms. The van der Waals surface area contributed by atoms with Crippen LogP contribution in [-0.2, 0) is 6.42 Å². The Hall–Kier alpha value is -2.28. The van der Waals surface area contributed by atoms with Crippen molar-refractivity contribution in [1.29, 1.82) is 0 Å². The molecule has 5 nitrogen and oxygen atoms in total. The summed E-state index contributed by atoms with van der Waals surface area (Å²) in [4.78, 5) is 15.5. The summed E-state index contributed by atoms with van der Waals surface area (Å²) in [6.07, 6.45) is 4.14. The zero-order chi connectivity index (χ0) is 19.0. The number of rotatable bonds is 3. The van der Waals surface area contributed by atoms with E-state index >= 15 is 0 Å². The van der Waals surface area contributed by atoms with Crippen molar-refractivity contribution in [3.05, 3.63) is 46.8 Å². The van der Waals surface area contributed by atoms with Crippen LogP contribution in [0.3, 0.4) is 0 Å². The van der Waals surface area contributed by atoms with Crippen molar-refractivity contribution < 1.29 is 13.6 Å². The molecule has 3 aliphatic heterocycles. The van der Waals surface area contributed by atoms with Crippen LogP contribution < -0.4 is 5.32 Å². The quantitative estimate of drug-likeness (QED) is 0.885. The van der Waals surface area contributed by atoms with Crippen LogP contribution >= 0.6 is 0 Å². The van der Waals surface area contributed by atoms with E-state index in [2.05, 4.69) is 15.3 Å². The molecule has 0 unspecified atom stereocenters. The molecular weight excluding hydrogens is 362 g/mol. The van der Waals surface area contributed by atoms with Crippen LogP contribution in [-0.4, -0.2) is 46.3 Å². The highest BCUT2D eigenvalue weighted by Gasteiger charge is 2.50. The van der Waals surface area contributed by atoms with Crippen molar-refractivity contribution in [3.8, 4) is 5.69 Å². The molecule has 1 aromatic carbocycles. The topological polar surface area (TPSA) is 50.2 Å². The molecule has 1 amide bonds. The Kier molecular flexibility index (Phi) is 3.49. The smallest absolute Gasteiger partial charge is 0.272 e. The third kappa shape index (κ3) is 2.45.